The van der Waals surface area contributed by atoms with Crippen LogP contribution < -0.4 is 4.72 Å². The molecule has 1 atom stereocenters. The van der Waals surface area contributed by atoms with Gasteiger partial charge in [-0.1, -0.05) is 25.5 Å². The van der Waals surface area contributed by atoms with Crippen LogP contribution in [0, 0.1) is 0 Å². The number of benzene rings is 1. The van der Waals surface area contributed by atoms with Crippen molar-refractivity contribution in [2.45, 2.75) is 69.2 Å². The van der Waals surface area contributed by atoms with Crippen molar-refractivity contribution in [3.05, 3.63) is 29.8 Å². The first-order chi connectivity index (χ1) is 13.0. The molecule has 1 aromatic rings. The summed E-state index contributed by atoms with van der Waals surface area (Å²) >= 11 is 0. The minimum absolute atomic E-state index is 0.283. The van der Waals surface area contributed by atoms with Gasteiger partial charge in [0.15, 0.2) is 0 Å². The van der Waals surface area contributed by atoms with Gasteiger partial charge in [-0.25, -0.2) is 8.42 Å². The number of rotatable bonds is 7. The molecule has 0 aliphatic carbocycles. The zero-order chi connectivity index (χ0) is 19.3. The van der Waals surface area contributed by atoms with Crippen molar-refractivity contribution < 1.29 is 13.2 Å². The van der Waals surface area contributed by atoms with Crippen LogP contribution in [0.1, 0.15) is 63.9 Å². The second-order valence-corrected chi connectivity index (χ2v) is 8.94. The summed E-state index contributed by atoms with van der Waals surface area (Å²) in [5, 5.41) is 0. The molecule has 6 nitrogen and oxygen atoms in total. The highest BCUT2D eigenvalue weighted by Gasteiger charge is 2.30. The molecule has 1 N–H and O–H groups in total. The normalized spacial score (nSPS) is 22.5. The standard InChI is InChI=1S/C20H29N3O3S/c1-2-16-10-7-9-15-23(16)19(24)13-4-3-8-14-21-20-17-11-5-6-12-18(17)27(25,26)22-20/h5-6,11-12,16H,2-4,7-10,13-15H2,1H3,(H,21,22). The molecule has 1 unspecified atom stereocenters. The first-order valence-corrected chi connectivity index (χ1v) is 11.5. The largest absolute Gasteiger partial charge is 0.340 e. The van der Waals surface area contributed by atoms with E-state index in [1.807, 2.05) is 6.07 Å². The Morgan fingerprint density at radius 3 is 2.85 bits per heavy atom. The van der Waals surface area contributed by atoms with Crippen LogP contribution in [0.3, 0.4) is 0 Å². The van der Waals surface area contributed by atoms with Crippen LogP contribution in [0.2, 0.25) is 0 Å². The Kier molecular flexibility index (Phi) is 6.52. The third-order valence-corrected chi connectivity index (χ3v) is 6.80. The second-order valence-electron chi connectivity index (χ2n) is 7.29. The average Bonchev–Trinajstić information content (AvgIpc) is 2.95. The predicted molar refractivity (Wildman–Crippen MR) is 106 cm³/mol. The van der Waals surface area contributed by atoms with Crippen LogP contribution in [0.25, 0.3) is 0 Å². The molecule has 148 valence electrons. The highest BCUT2D eigenvalue weighted by atomic mass is 32.2. The number of sulfonamides is 1. The summed E-state index contributed by atoms with van der Waals surface area (Å²) in [6, 6.07) is 7.31. The molecule has 0 radical (unpaired) electrons. The number of aliphatic imine (C=N–C) groups is 1. The van der Waals surface area contributed by atoms with Crippen molar-refractivity contribution >= 4 is 21.8 Å². The lowest BCUT2D eigenvalue weighted by Crippen LogP contribution is -2.43. The van der Waals surface area contributed by atoms with E-state index in [4.69, 9.17) is 0 Å². The van der Waals surface area contributed by atoms with E-state index in [1.165, 1.54) is 6.42 Å². The van der Waals surface area contributed by atoms with E-state index >= 15 is 0 Å². The molecule has 0 bridgehead atoms. The maximum absolute atomic E-state index is 12.4. The monoisotopic (exact) mass is 391 g/mol. The molecule has 3 rings (SSSR count). The van der Waals surface area contributed by atoms with Crippen molar-refractivity contribution in [3.8, 4) is 0 Å². The van der Waals surface area contributed by atoms with Crippen LogP contribution in [0.15, 0.2) is 34.2 Å². The fourth-order valence-corrected chi connectivity index (χ4v) is 5.15. The maximum Gasteiger partial charge on any atom is 0.263 e. The molecule has 0 saturated carbocycles. The molecular formula is C20H29N3O3S. The van der Waals surface area contributed by atoms with Gasteiger partial charge in [0.2, 0.25) is 5.91 Å². The molecule has 1 fully saturated rings. The van der Waals surface area contributed by atoms with Crippen LogP contribution in [0.5, 0.6) is 0 Å². The Morgan fingerprint density at radius 2 is 2.04 bits per heavy atom. The predicted octanol–water partition coefficient (Wildman–Crippen LogP) is 3.08. The Hall–Kier alpha value is -1.89. The van der Waals surface area contributed by atoms with E-state index in [0.717, 1.165) is 45.1 Å². The van der Waals surface area contributed by atoms with Crippen LogP contribution in [0.4, 0.5) is 0 Å². The number of hydrogen-bond donors (Lipinski definition) is 1. The van der Waals surface area contributed by atoms with Gasteiger partial charge in [0.05, 0.1) is 4.90 Å². The summed E-state index contributed by atoms with van der Waals surface area (Å²) in [4.78, 5) is 19.2. The summed E-state index contributed by atoms with van der Waals surface area (Å²) in [7, 11) is -3.46. The van der Waals surface area contributed by atoms with Gasteiger partial charge < -0.3 is 4.90 Å². The number of fused-ring (bicyclic) bond motifs is 1. The number of unbranched alkanes of at least 4 members (excludes halogenated alkanes) is 2. The number of nitrogens with zero attached hydrogens (tertiary/aromatic N) is 2. The Bertz CT molecular complexity index is 804. The molecular weight excluding hydrogens is 362 g/mol. The topological polar surface area (TPSA) is 78.8 Å². The van der Waals surface area contributed by atoms with Crippen molar-refractivity contribution in [3.63, 3.8) is 0 Å². The van der Waals surface area contributed by atoms with Crippen LogP contribution >= 0.6 is 0 Å². The van der Waals surface area contributed by atoms with E-state index in [-0.39, 0.29) is 5.91 Å². The van der Waals surface area contributed by atoms with Gasteiger partial charge in [0, 0.05) is 31.1 Å². The number of amides is 1. The number of carbonyl (C=O) groups excluding carboxylic acids is 1. The molecule has 2 aliphatic rings. The average molecular weight is 392 g/mol. The van der Waals surface area contributed by atoms with Crippen molar-refractivity contribution in [2.75, 3.05) is 13.1 Å². The lowest BCUT2D eigenvalue weighted by Gasteiger charge is -2.35. The number of amidine groups is 1. The number of carbonyl (C=O) groups is 1. The molecule has 2 aliphatic heterocycles. The zero-order valence-electron chi connectivity index (χ0n) is 16.0. The van der Waals surface area contributed by atoms with Gasteiger partial charge in [0.1, 0.15) is 5.84 Å². The van der Waals surface area contributed by atoms with Gasteiger partial charge in [-0.3, -0.25) is 14.5 Å². The fraction of sp³-hybridized carbons (Fsp3) is 0.600. The molecule has 1 amide bonds. The minimum Gasteiger partial charge on any atom is -0.340 e. The summed E-state index contributed by atoms with van der Waals surface area (Å²) in [5.74, 6) is 0.714. The van der Waals surface area contributed by atoms with Gasteiger partial charge in [-0.2, -0.15) is 0 Å². The van der Waals surface area contributed by atoms with Gasteiger partial charge in [-0.05, 0) is 50.7 Å². The minimum atomic E-state index is -3.46. The third kappa shape index (κ3) is 4.69. The molecule has 1 saturated heterocycles. The van der Waals surface area contributed by atoms with Gasteiger partial charge in [0.25, 0.3) is 10.0 Å². The van der Waals surface area contributed by atoms with Gasteiger partial charge >= 0.3 is 0 Å². The van der Waals surface area contributed by atoms with E-state index in [0.29, 0.717) is 35.3 Å². The molecule has 1 aromatic carbocycles. The summed E-state index contributed by atoms with van der Waals surface area (Å²) in [6.07, 6.45) is 7.76. The van der Waals surface area contributed by atoms with Gasteiger partial charge in [-0.15, -0.1) is 0 Å². The molecule has 0 aromatic heterocycles. The smallest absolute Gasteiger partial charge is 0.263 e. The lowest BCUT2D eigenvalue weighted by atomic mass is 9.99. The quantitative estimate of drug-likeness (QED) is 0.726. The Labute approximate surface area is 162 Å². The summed E-state index contributed by atoms with van der Waals surface area (Å²) in [6.45, 7) is 3.62. The summed E-state index contributed by atoms with van der Waals surface area (Å²) < 4.78 is 26.6. The molecule has 0 spiro atoms. The number of nitrogens with one attached hydrogen (secondary N) is 1. The summed E-state index contributed by atoms with van der Waals surface area (Å²) in [5.41, 5.74) is 0.642. The molecule has 2 heterocycles. The number of hydrogen-bond acceptors (Lipinski definition) is 4. The van der Waals surface area contributed by atoms with Crippen molar-refractivity contribution in [2.24, 2.45) is 4.99 Å². The molecule has 27 heavy (non-hydrogen) atoms. The number of likely N-dealkylation sites (tertiary alicyclic amines) is 1. The van der Waals surface area contributed by atoms with Crippen molar-refractivity contribution in [1.29, 1.82) is 0 Å². The first-order valence-electron chi connectivity index (χ1n) is 9.99. The van der Waals surface area contributed by atoms with E-state index < -0.39 is 10.0 Å². The highest BCUT2D eigenvalue weighted by molar-refractivity contribution is 7.90. The van der Waals surface area contributed by atoms with Crippen LogP contribution in [-0.2, 0) is 14.8 Å². The van der Waals surface area contributed by atoms with Crippen LogP contribution in [-0.4, -0.2) is 44.2 Å². The Morgan fingerprint density at radius 1 is 1.22 bits per heavy atom. The highest BCUT2D eigenvalue weighted by Crippen LogP contribution is 2.23. The van der Waals surface area contributed by atoms with E-state index in [9.17, 15) is 13.2 Å². The Balaban J connectivity index is 1.42. The first kappa shape index (κ1) is 19.9. The number of piperidine rings is 1. The lowest BCUT2D eigenvalue weighted by molar-refractivity contribution is -0.135. The third-order valence-electron chi connectivity index (χ3n) is 5.40. The SMILES string of the molecule is CCC1CCCCN1C(=O)CCCCCN=C1NS(=O)(=O)c2ccccc21. The zero-order valence-corrected chi connectivity index (χ0v) is 16.8. The second kappa shape index (κ2) is 8.87. The fourth-order valence-electron chi connectivity index (χ4n) is 3.90. The maximum atomic E-state index is 12.4. The van der Waals surface area contributed by atoms with E-state index in [1.54, 1.807) is 18.2 Å². The van der Waals surface area contributed by atoms with E-state index in [2.05, 4.69) is 21.5 Å². The van der Waals surface area contributed by atoms with Crippen molar-refractivity contribution in [1.82, 2.24) is 9.62 Å². The molecule has 7 heteroatoms.